The predicted molar refractivity (Wildman–Crippen MR) is 114 cm³/mol. The first-order chi connectivity index (χ1) is 15.0. The van der Waals surface area contributed by atoms with Gasteiger partial charge in [-0.2, -0.15) is 5.10 Å². The molecule has 0 aliphatic carbocycles. The minimum absolute atomic E-state index is 0.0433. The second-order valence-corrected chi connectivity index (χ2v) is 7.33. The largest absolute Gasteiger partial charge is 0.335 e. The molecule has 1 aliphatic rings. The van der Waals surface area contributed by atoms with Gasteiger partial charge in [-0.15, -0.1) is 0 Å². The minimum Gasteiger partial charge on any atom is -0.335 e. The van der Waals surface area contributed by atoms with Crippen LogP contribution in [0, 0.1) is 15.9 Å². The van der Waals surface area contributed by atoms with Crippen molar-refractivity contribution in [3.8, 4) is 16.9 Å². The van der Waals surface area contributed by atoms with E-state index in [-0.39, 0.29) is 17.4 Å². The third-order valence-corrected chi connectivity index (χ3v) is 5.48. The number of nitro groups is 1. The number of amides is 1. The van der Waals surface area contributed by atoms with Crippen LogP contribution in [0.5, 0.6) is 0 Å². The number of aromatic nitrogens is 2. The summed E-state index contributed by atoms with van der Waals surface area (Å²) < 4.78 is 14.8. The molecule has 0 N–H and O–H groups in total. The van der Waals surface area contributed by atoms with Crippen molar-refractivity contribution in [3.05, 3.63) is 76.2 Å². The van der Waals surface area contributed by atoms with E-state index < -0.39 is 4.92 Å². The summed E-state index contributed by atoms with van der Waals surface area (Å²) in [7, 11) is 0. The fraction of sp³-hybridized carbons (Fsp3) is 0.273. The van der Waals surface area contributed by atoms with E-state index in [2.05, 4.69) is 16.9 Å². The van der Waals surface area contributed by atoms with Gasteiger partial charge in [-0.3, -0.25) is 14.9 Å². The quantitative estimate of drug-likeness (QED) is 0.464. The van der Waals surface area contributed by atoms with Crippen LogP contribution in [0.2, 0.25) is 0 Å². The maximum absolute atomic E-state index is 13.3. The lowest BCUT2D eigenvalue weighted by molar-refractivity contribution is -0.384. The number of rotatable bonds is 5. The Hall–Kier alpha value is -3.59. The van der Waals surface area contributed by atoms with Crippen molar-refractivity contribution in [3.63, 3.8) is 0 Å². The standard InChI is InChI=1S/C22H22FN5O3/c1-2-25-11-13-26(14-12-25)22(29)21-15-20(16-3-5-17(23)6-4-16)24-27(21)18-7-9-19(10-8-18)28(30)31/h3-10,15H,2,11-14H2,1H3. The summed E-state index contributed by atoms with van der Waals surface area (Å²) in [5, 5.41) is 15.6. The molecule has 0 atom stereocenters. The molecular weight excluding hydrogens is 401 g/mol. The number of carbonyl (C=O) groups is 1. The Morgan fingerprint density at radius 3 is 2.29 bits per heavy atom. The number of hydrogen-bond acceptors (Lipinski definition) is 5. The Kier molecular flexibility index (Phi) is 5.77. The summed E-state index contributed by atoms with van der Waals surface area (Å²) in [5.74, 6) is -0.515. The molecular formula is C22H22FN5O3. The summed E-state index contributed by atoms with van der Waals surface area (Å²) in [6.45, 7) is 5.87. The average Bonchev–Trinajstić information content (AvgIpc) is 3.24. The zero-order valence-electron chi connectivity index (χ0n) is 17.1. The van der Waals surface area contributed by atoms with Crippen molar-refractivity contribution in [2.75, 3.05) is 32.7 Å². The molecule has 160 valence electrons. The summed E-state index contributed by atoms with van der Waals surface area (Å²) in [5.41, 5.74) is 2.05. The van der Waals surface area contributed by atoms with E-state index in [0.717, 1.165) is 19.6 Å². The SMILES string of the molecule is CCN1CCN(C(=O)c2cc(-c3ccc(F)cc3)nn2-c2ccc([N+](=O)[O-])cc2)CC1. The van der Waals surface area contributed by atoms with Gasteiger partial charge in [0, 0.05) is 43.9 Å². The van der Waals surface area contributed by atoms with Crippen LogP contribution in [0.25, 0.3) is 16.9 Å². The van der Waals surface area contributed by atoms with E-state index in [0.29, 0.717) is 35.7 Å². The van der Waals surface area contributed by atoms with Gasteiger partial charge in [0.15, 0.2) is 0 Å². The highest BCUT2D eigenvalue weighted by atomic mass is 19.1. The summed E-state index contributed by atoms with van der Waals surface area (Å²) in [6, 6.07) is 13.4. The molecule has 4 rings (SSSR count). The van der Waals surface area contributed by atoms with Crippen molar-refractivity contribution in [2.24, 2.45) is 0 Å². The highest BCUT2D eigenvalue weighted by Crippen LogP contribution is 2.24. The van der Waals surface area contributed by atoms with Crippen LogP contribution in [0.1, 0.15) is 17.4 Å². The van der Waals surface area contributed by atoms with Crippen LogP contribution in [0.4, 0.5) is 10.1 Å². The molecule has 1 saturated heterocycles. The first-order valence-corrected chi connectivity index (χ1v) is 10.1. The normalized spacial score (nSPS) is 14.6. The Morgan fingerprint density at radius 1 is 1.06 bits per heavy atom. The molecule has 0 saturated carbocycles. The van der Waals surface area contributed by atoms with E-state index in [1.165, 1.54) is 28.9 Å². The minimum atomic E-state index is -0.476. The first-order valence-electron chi connectivity index (χ1n) is 10.1. The van der Waals surface area contributed by atoms with E-state index >= 15 is 0 Å². The molecule has 1 aromatic heterocycles. The molecule has 31 heavy (non-hydrogen) atoms. The van der Waals surface area contributed by atoms with E-state index in [9.17, 15) is 19.3 Å². The van der Waals surface area contributed by atoms with E-state index in [1.807, 2.05) is 0 Å². The summed E-state index contributed by atoms with van der Waals surface area (Å²) >= 11 is 0. The monoisotopic (exact) mass is 423 g/mol. The Labute approximate surface area is 178 Å². The van der Waals surface area contributed by atoms with Gasteiger partial charge >= 0.3 is 0 Å². The van der Waals surface area contributed by atoms with Gasteiger partial charge in [-0.25, -0.2) is 9.07 Å². The molecule has 1 aliphatic heterocycles. The molecule has 0 unspecified atom stereocenters. The highest BCUT2D eigenvalue weighted by Gasteiger charge is 2.26. The van der Waals surface area contributed by atoms with Gasteiger partial charge in [0.05, 0.1) is 16.3 Å². The fourth-order valence-electron chi connectivity index (χ4n) is 3.64. The van der Waals surface area contributed by atoms with Gasteiger partial charge < -0.3 is 9.80 Å². The number of carbonyl (C=O) groups excluding carboxylic acids is 1. The van der Waals surface area contributed by atoms with E-state index in [1.54, 1.807) is 35.2 Å². The predicted octanol–water partition coefficient (Wildman–Crippen LogP) is 3.36. The molecule has 9 heteroatoms. The van der Waals surface area contributed by atoms with E-state index in [4.69, 9.17) is 0 Å². The van der Waals surface area contributed by atoms with Gasteiger partial charge in [0.25, 0.3) is 11.6 Å². The van der Waals surface area contributed by atoms with Gasteiger partial charge in [0.2, 0.25) is 0 Å². The summed E-state index contributed by atoms with van der Waals surface area (Å²) in [4.78, 5) is 27.9. The van der Waals surface area contributed by atoms with Crippen LogP contribution < -0.4 is 0 Å². The molecule has 2 heterocycles. The number of benzene rings is 2. The number of likely N-dealkylation sites (N-methyl/N-ethyl adjacent to an activating group) is 1. The van der Waals surface area contributed by atoms with Crippen LogP contribution >= 0.6 is 0 Å². The lowest BCUT2D eigenvalue weighted by atomic mass is 10.1. The number of nitro benzene ring substituents is 1. The van der Waals surface area contributed by atoms with Crippen LogP contribution in [0.15, 0.2) is 54.6 Å². The van der Waals surface area contributed by atoms with Crippen LogP contribution in [-0.2, 0) is 0 Å². The third-order valence-electron chi connectivity index (χ3n) is 5.48. The number of halogens is 1. The third kappa shape index (κ3) is 4.31. The first kappa shape index (κ1) is 20.7. The number of non-ortho nitro benzene ring substituents is 1. The van der Waals surface area contributed by atoms with Crippen LogP contribution in [0.3, 0.4) is 0 Å². The second kappa shape index (κ2) is 8.65. The van der Waals surface area contributed by atoms with Gasteiger partial charge in [0.1, 0.15) is 11.5 Å². The number of nitrogens with zero attached hydrogens (tertiary/aromatic N) is 5. The Balaban J connectivity index is 1.72. The maximum Gasteiger partial charge on any atom is 0.272 e. The molecule has 0 bridgehead atoms. The van der Waals surface area contributed by atoms with Crippen molar-refractivity contribution in [1.82, 2.24) is 19.6 Å². The number of hydrogen-bond donors (Lipinski definition) is 0. The van der Waals surface area contributed by atoms with Crippen molar-refractivity contribution in [1.29, 1.82) is 0 Å². The van der Waals surface area contributed by atoms with Crippen molar-refractivity contribution in [2.45, 2.75) is 6.92 Å². The number of piperazine rings is 1. The molecule has 8 nitrogen and oxygen atoms in total. The smallest absolute Gasteiger partial charge is 0.272 e. The van der Waals surface area contributed by atoms with Gasteiger partial charge in [-0.1, -0.05) is 6.92 Å². The zero-order chi connectivity index (χ0) is 22.0. The lowest BCUT2D eigenvalue weighted by Gasteiger charge is -2.34. The average molecular weight is 423 g/mol. The molecule has 1 amide bonds. The van der Waals surface area contributed by atoms with Crippen molar-refractivity contribution >= 4 is 11.6 Å². The Bertz CT molecular complexity index is 1090. The second-order valence-electron chi connectivity index (χ2n) is 7.33. The molecule has 0 radical (unpaired) electrons. The molecule has 0 spiro atoms. The molecule has 1 fully saturated rings. The topological polar surface area (TPSA) is 84.5 Å². The maximum atomic E-state index is 13.3. The van der Waals surface area contributed by atoms with Gasteiger partial charge in [-0.05, 0) is 49.0 Å². The molecule has 2 aromatic carbocycles. The summed E-state index contributed by atoms with van der Waals surface area (Å²) in [6.07, 6.45) is 0. The van der Waals surface area contributed by atoms with Crippen molar-refractivity contribution < 1.29 is 14.1 Å². The Morgan fingerprint density at radius 2 is 1.71 bits per heavy atom. The lowest BCUT2D eigenvalue weighted by Crippen LogP contribution is -2.48. The highest BCUT2D eigenvalue weighted by molar-refractivity contribution is 5.94. The fourth-order valence-corrected chi connectivity index (χ4v) is 3.64. The van der Waals surface area contributed by atoms with Crippen LogP contribution in [-0.4, -0.2) is 63.1 Å². The molecule has 3 aromatic rings. The zero-order valence-corrected chi connectivity index (χ0v) is 17.1.